The molecule has 0 nitrogen and oxygen atoms in total. The van der Waals surface area contributed by atoms with Gasteiger partial charge in [0.25, 0.3) is 0 Å². The van der Waals surface area contributed by atoms with E-state index in [0.717, 1.165) is 4.58 Å². The highest BCUT2D eigenvalue weighted by atomic mass is 32.2. The molecule has 1 aliphatic heterocycles. The summed E-state index contributed by atoms with van der Waals surface area (Å²) in [4.78, 5) is 0. The first-order valence-corrected chi connectivity index (χ1v) is 6.00. The minimum Gasteiger partial charge on any atom is -0.0958 e. The summed E-state index contributed by atoms with van der Waals surface area (Å²) in [5, 5.41) is 0. The number of thioether (sulfide) groups is 1. The van der Waals surface area contributed by atoms with Crippen molar-refractivity contribution in [2.45, 2.75) is 4.58 Å². The first kappa shape index (κ1) is 7.56. The molecule has 1 heterocycles. The molecule has 0 aromatic heterocycles. The molecule has 0 spiro atoms. The van der Waals surface area contributed by atoms with Gasteiger partial charge in [-0.1, -0.05) is 42.1 Å². The molecule has 0 N–H and O–H groups in total. The van der Waals surface area contributed by atoms with Gasteiger partial charge in [0.2, 0.25) is 0 Å². The van der Waals surface area contributed by atoms with E-state index in [1.165, 1.54) is 17.1 Å². The highest BCUT2D eigenvalue weighted by Gasteiger charge is 2.25. The Bertz CT molecular complexity index is 214. The van der Waals surface area contributed by atoms with E-state index in [-0.39, 0.29) is 0 Å². The van der Waals surface area contributed by atoms with E-state index in [4.69, 9.17) is 0 Å². The molecule has 1 aromatic rings. The summed E-state index contributed by atoms with van der Waals surface area (Å²) in [7, 11) is 0. The summed E-state index contributed by atoms with van der Waals surface area (Å²) in [6, 6.07) is 10.8. The second kappa shape index (κ2) is 3.55. The van der Waals surface area contributed by atoms with Crippen LogP contribution in [0, 0.1) is 0 Å². The molecule has 0 amide bonds. The average molecular weight is 183 g/mol. The summed E-state index contributed by atoms with van der Waals surface area (Å²) in [5.74, 6) is 2.70. The Morgan fingerprint density at radius 2 is 2.09 bits per heavy atom. The number of rotatable bonds is 1. The lowest BCUT2D eigenvalue weighted by Gasteiger charge is -1.99. The maximum atomic E-state index is 2.23. The molecule has 1 aliphatic rings. The van der Waals surface area contributed by atoms with Gasteiger partial charge in [-0.3, -0.25) is 0 Å². The van der Waals surface area contributed by atoms with Crippen LogP contribution in [0.15, 0.2) is 30.3 Å². The number of hydrogen-bond donors (Lipinski definition) is 0. The van der Waals surface area contributed by atoms with Gasteiger partial charge in [-0.2, -0.15) is 0 Å². The van der Waals surface area contributed by atoms with Crippen LogP contribution in [0.3, 0.4) is 0 Å². The molecule has 0 bridgehead atoms. The van der Waals surface area contributed by atoms with E-state index in [1.54, 1.807) is 11.8 Å². The maximum Gasteiger partial charge on any atom is 0.186 e. The topological polar surface area (TPSA) is 0 Å². The fraction of sp³-hybridized carbons (Fsp3) is 0.333. The van der Waals surface area contributed by atoms with Crippen molar-refractivity contribution in [2.75, 3.05) is 11.5 Å². The Balaban J connectivity index is 2.16. The van der Waals surface area contributed by atoms with Crippen molar-refractivity contribution >= 4 is 23.5 Å². The van der Waals surface area contributed by atoms with Crippen LogP contribution < -0.4 is 0 Å². The van der Waals surface area contributed by atoms with Gasteiger partial charge in [0.1, 0.15) is 5.75 Å². The quantitative estimate of drug-likeness (QED) is 0.475. The summed E-state index contributed by atoms with van der Waals surface area (Å²) < 4.78 is 0.760. The van der Waals surface area contributed by atoms with Gasteiger partial charge >= 0.3 is 0 Å². The van der Waals surface area contributed by atoms with Crippen LogP contribution in [-0.2, 0) is 11.8 Å². The Morgan fingerprint density at radius 3 is 2.73 bits per heavy atom. The van der Waals surface area contributed by atoms with Gasteiger partial charge in [-0.15, -0.1) is 0 Å². The molecule has 1 atom stereocenters. The molecule has 2 rings (SSSR count). The minimum absolute atomic E-state index is 0.760. The fourth-order valence-corrected chi connectivity index (χ4v) is 4.29. The third-order valence-electron chi connectivity index (χ3n) is 1.75. The van der Waals surface area contributed by atoms with Crippen LogP contribution in [0.2, 0.25) is 0 Å². The van der Waals surface area contributed by atoms with Crippen molar-refractivity contribution in [1.29, 1.82) is 0 Å². The van der Waals surface area contributed by atoms with Crippen LogP contribution in [0.1, 0.15) is 10.1 Å². The van der Waals surface area contributed by atoms with Crippen molar-refractivity contribution < 1.29 is 0 Å². The zero-order chi connectivity index (χ0) is 7.52. The molecule has 1 aromatic carbocycles. The SMILES string of the molecule is c1ccc(C2SCC[SH+]2)cc1. The van der Waals surface area contributed by atoms with E-state index in [9.17, 15) is 0 Å². The van der Waals surface area contributed by atoms with Crippen LogP contribution >= 0.6 is 11.8 Å². The first-order valence-electron chi connectivity index (χ1n) is 3.80. The van der Waals surface area contributed by atoms with E-state index in [2.05, 4.69) is 42.1 Å². The van der Waals surface area contributed by atoms with Crippen molar-refractivity contribution in [3.05, 3.63) is 35.9 Å². The third-order valence-corrected chi connectivity index (χ3v) is 5.08. The molecule has 1 unspecified atom stereocenters. The molecular weight excluding hydrogens is 172 g/mol. The maximum absolute atomic E-state index is 2.23. The predicted molar refractivity (Wildman–Crippen MR) is 55.3 cm³/mol. The highest BCUT2D eigenvalue weighted by molar-refractivity contribution is 8.11. The minimum atomic E-state index is 0.760. The highest BCUT2D eigenvalue weighted by Crippen LogP contribution is 2.34. The van der Waals surface area contributed by atoms with E-state index < -0.39 is 0 Å². The molecule has 2 heteroatoms. The summed E-state index contributed by atoms with van der Waals surface area (Å²) >= 11 is 3.68. The Kier molecular flexibility index (Phi) is 2.44. The van der Waals surface area contributed by atoms with Crippen molar-refractivity contribution in [2.24, 2.45) is 0 Å². The molecule has 0 aliphatic carbocycles. The Morgan fingerprint density at radius 1 is 1.27 bits per heavy atom. The zero-order valence-corrected chi connectivity index (χ0v) is 7.94. The van der Waals surface area contributed by atoms with Gasteiger partial charge in [0, 0.05) is 11.3 Å². The normalized spacial score (nSPS) is 23.8. The number of hydrogen-bond acceptors (Lipinski definition) is 1. The first-order chi connectivity index (χ1) is 5.47. The molecule has 11 heavy (non-hydrogen) atoms. The lowest BCUT2D eigenvalue weighted by Crippen LogP contribution is -1.89. The van der Waals surface area contributed by atoms with Gasteiger partial charge in [0.05, 0.1) is 0 Å². The molecule has 1 saturated heterocycles. The standard InChI is InChI=1S/C9H10S2/c1-2-4-8(5-3-1)9-10-6-7-11-9/h1-5,9H,6-7H2/p+1. The van der Waals surface area contributed by atoms with Crippen LogP contribution in [0.5, 0.6) is 0 Å². The lowest BCUT2D eigenvalue weighted by molar-refractivity contribution is 1.39. The zero-order valence-electron chi connectivity index (χ0n) is 6.23. The van der Waals surface area contributed by atoms with Crippen LogP contribution in [0.25, 0.3) is 0 Å². The second-order valence-electron chi connectivity index (χ2n) is 2.54. The summed E-state index contributed by atoms with van der Waals surface area (Å²) in [5.41, 5.74) is 1.50. The summed E-state index contributed by atoms with van der Waals surface area (Å²) in [6.45, 7) is 0. The van der Waals surface area contributed by atoms with E-state index in [0.29, 0.717) is 0 Å². The second-order valence-corrected chi connectivity index (χ2v) is 5.43. The molecule has 58 valence electrons. The van der Waals surface area contributed by atoms with Crippen molar-refractivity contribution in [3.8, 4) is 0 Å². The molecule has 0 radical (unpaired) electrons. The number of benzene rings is 1. The van der Waals surface area contributed by atoms with Gasteiger partial charge < -0.3 is 0 Å². The van der Waals surface area contributed by atoms with Crippen LogP contribution in [-0.4, -0.2) is 11.5 Å². The van der Waals surface area contributed by atoms with Gasteiger partial charge in [-0.05, 0) is 11.8 Å². The molecular formula is C9H11S2+. The van der Waals surface area contributed by atoms with Crippen molar-refractivity contribution in [3.63, 3.8) is 0 Å². The Labute approximate surface area is 75.8 Å². The third kappa shape index (κ3) is 1.74. The average Bonchev–Trinajstić information content (AvgIpc) is 2.58. The molecule has 0 saturated carbocycles. The number of thiol groups is 1. The Hall–Kier alpha value is -0.0800. The van der Waals surface area contributed by atoms with Gasteiger partial charge in [-0.25, -0.2) is 0 Å². The van der Waals surface area contributed by atoms with Crippen LogP contribution in [0.4, 0.5) is 0 Å². The predicted octanol–water partition coefficient (Wildman–Crippen LogP) is 2.25. The monoisotopic (exact) mass is 183 g/mol. The largest absolute Gasteiger partial charge is 0.186 e. The van der Waals surface area contributed by atoms with Crippen molar-refractivity contribution in [1.82, 2.24) is 0 Å². The lowest BCUT2D eigenvalue weighted by atomic mass is 10.2. The van der Waals surface area contributed by atoms with E-state index in [1.807, 2.05) is 0 Å². The summed E-state index contributed by atoms with van der Waals surface area (Å²) in [6.07, 6.45) is 0. The van der Waals surface area contributed by atoms with E-state index >= 15 is 0 Å². The van der Waals surface area contributed by atoms with Gasteiger partial charge in [0.15, 0.2) is 4.58 Å². The fourth-order valence-electron chi connectivity index (χ4n) is 1.21. The molecule has 1 fully saturated rings. The smallest absolute Gasteiger partial charge is 0.0958 e.